The SMILES string of the molecule is COC(=O)[C@H](C)Oc1c(-c2ccccc2)oc2cc(C)c(Cl)cc2c1=O. The molecule has 1 heterocycles. The van der Waals surface area contributed by atoms with Gasteiger partial charge < -0.3 is 13.9 Å². The van der Waals surface area contributed by atoms with Crippen LogP contribution in [0.25, 0.3) is 22.3 Å². The van der Waals surface area contributed by atoms with E-state index in [0.717, 1.165) is 5.56 Å². The molecule has 0 spiro atoms. The number of halogens is 1. The lowest BCUT2D eigenvalue weighted by molar-refractivity contribution is -0.147. The Kier molecular flexibility index (Phi) is 5.00. The van der Waals surface area contributed by atoms with E-state index >= 15 is 0 Å². The van der Waals surface area contributed by atoms with Crippen LogP contribution in [0.4, 0.5) is 0 Å². The first kappa shape index (κ1) is 18.0. The van der Waals surface area contributed by atoms with E-state index in [-0.39, 0.29) is 16.9 Å². The van der Waals surface area contributed by atoms with Crippen LogP contribution >= 0.6 is 11.6 Å². The molecule has 0 aliphatic carbocycles. The van der Waals surface area contributed by atoms with Crippen molar-refractivity contribution in [1.82, 2.24) is 0 Å². The van der Waals surface area contributed by atoms with Gasteiger partial charge in [0.1, 0.15) is 5.58 Å². The zero-order valence-corrected chi connectivity index (χ0v) is 15.3. The van der Waals surface area contributed by atoms with E-state index in [9.17, 15) is 9.59 Å². The predicted octanol–water partition coefficient (Wildman–Crippen LogP) is 4.36. The molecule has 0 aliphatic rings. The average molecular weight is 373 g/mol. The molecule has 0 fully saturated rings. The van der Waals surface area contributed by atoms with Crippen LogP contribution in [0.15, 0.2) is 51.7 Å². The Bertz CT molecular complexity index is 1020. The molecular weight excluding hydrogens is 356 g/mol. The van der Waals surface area contributed by atoms with E-state index in [1.165, 1.54) is 14.0 Å². The summed E-state index contributed by atoms with van der Waals surface area (Å²) in [6, 6.07) is 12.3. The first-order valence-electron chi connectivity index (χ1n) is 7.99. The number of rotatable bonds is 4. The standard InChI is InChI=1S/C20H17ClO5/c1-11-9-16-14(10-15(11)21)17(22)19(25-12(2)20(23)24-3)18(26-16)13-7-5-4-6-8-13/h4-10,12H,1-3H3/t12-/m0/s1. The minimum Gasteiger partial charge on any atom is -0.471 e. The Morgan fingerprint density at radius 2 is 1.88 bits per heavy atom. The van der Waals surface area contributed by atoms with Crippen LogP contribution in [0.5, 0.6) is 5.75 Å². The highest BCUT2D eigenvalue weighted by Gasteiger charge is 2.23. The number of methoxy groups -OCH3 is 1. The monoisotopic (exact) mass is 372 g/mol. The van der Waals surface area contributed by atoms with Crippen LogP contribution in [-0.4, -0.2) is 19.2 Å². The number of esters is 1. The fraction of sp³-hybridized carbons (Fsp3) is 0.200. The normalized spacial score (nSPS) is 12.0. The lowest BCUT2D eigenvalue weighted by Gasteiger charge is -2.15. The molecular formula is C20H17ClO5. The number of fused-ring (bicyclic) bond motifs is 1. The number of aryl methyl sites for hydroxylation is 1. The van der Waals surface area contributed by atoms with Crippen LogP contribution in [0, 0.1) is 6.92 Å². The Morgan fingerprint density at radius 3 is 2.54 bits per heavy atom. The van der Waals surface area contributed by atoms with Crippen molar-refractivity contribution in [2.75, 3.05) is 7.11 Å². The summed E-state index contributed by atoms with van der Waals surface area (Å²) in [6.45, 7) is 3.33. The third-order valence-electron chi connectivity index (χ3n) is 3.99. The van der Waals surface area contributed by atoms with Gasteiger partial charge in [-0.3, -0.25) is 4.79 Å². The van der Waals surface area contributed by atoms with Crippen molar-refractivity contribution in [3.05, 3.63) is 63.3 Å². The van der Waals surface area contributed by atoms with Gasteiger partial charge in [0.2, 0.25) is 11.2 Å². The molecule has 0 unspecified atom stereocenters. The highest BCUT2D eigenvalue weighted by Crippen LogP contribution is 2.33. The van der Waals surface area contributed by atoms with Crippen molar-refractivity contribution in [3.63, 3.8) is 0 Å². The maximum Gasteiger partial charge on any atom is 0.346 e. The van der Waals surface area contributed by atoms with E-state index in [4.69, 9.17) is 20.8 Å². The average Bonchev–Trinajstić information content (AvgIpc) is 2.65. The van der Waals surface area contributed by atoms with E-state index in [0.29, 0.717) is 16.2 Å². The molecule has 1 atom stereocenters. The van der Waals surface area contributed by atoms with Gasteiger partial charge in [-0.25, -0.2) is 4.79 Å². The van der Waals surface area contributed by atoms with Crippen molar-refractivity contribution in [3.8, 4) is 17.1 Å². The zero-order valence-electron chi connectivity index (χ0n) is 14.5. The number of hydrogen-bond acceptors (Lipinski definition) is 5. The van der Waals surface area contributed by atoms with Gasteiger partial charge in [-0.05, 0) is 31.5 Å². The highest BCUT2D eigenvalue weighted by atomic mass is 35.5. The molecule has 3 aromatic rings. The number of carbonyl (C=O) groups excluding carboxylic acids is 1. The van der Waals surface area contributed by atoms with Crippen LogP contribution in [0.2, 0.25) is 5.02 Å². The van der Waals surface area contributed by atoms with Crippen LogP contribution in [0.3, 0.4) is 0 Å². The molecule has 134 valence electrons. The molecule has 5 nitrogen and oxygen atoms in total. The van der Waals surface area contributed by atoms with E-state index < -0.39 is 17.5 Å². The summed E-state index contributed by atoms with van der Waals surface area (Å²) in [5, 5.41) is 0.733. The molecule has 2 aromatic carbocycles. The smallest absolute Gasteiger partial charge is 0.346 e. The summed E-state index contributed by atoms with van der Waals surface area (Å²) in [5.41, 5.74) is 1.45. The summed E-state index contributed by atoms with van der Waals surface area (Å²) >= 11 is 6.15. The van der Waals surface area contributed by atoms with Gasteiger partial charge >= 0.3 is 5.97 Å². The van der Waals surface area contributed by atoms with Gasteiger partial charge in [-0.1, -0.05) is 41.9 Å². The second-order valence-electron chi connectivity index (χ2n) is 5.84. The van der Waals surface area contributed by atoms with E-state index in [1.54, 1.807) is 24.3 Å². The summed E-state index contributed by atoms with van der Waals surface area (Å²) < 4.78 is 16.3. The van der Waals surface area contributed by atoms with Crippen molar-refractivity contribution in [2.45, 2.75) is 20.0 Å². The third kappa shape index (κ3) is 3.30. The minimum atomic E-state index is -0.969. The molecule has 26 heavy (non-hydrogen) atoms. The Morgan fingerprint density at radius 1 is 1.19 bits per heavy atom. The number of carbonyl (C=O) groups is 1. The third-order valence-corrected chi connectivity index (χ3v) is 4.40. The topological polar surface area (TPSA) is 65.7 Å². The molecule has 0 saturated heterocycles. The summed E-state index contributed by atoms with van der Waals surface area (Å²) in [7, 11) is 1.26. The zero-order chi connectivity index (χ0) is 18.8. The van der Waals surface area contributed by atoms with Crippen LogP contribution < -0.4 is 10.2 Å². The van der Waals surface area contributed by atoms with Gasteiger partial charge in [-0.15, -0.1) is 0 Å². The second-order valence-corrected chi connectivity index (χ2v) is 6.24. The maximum absolute atomic E-state index is 13.0. The predicted molar refractivity (Wildman–Crippen MR) is 99.8 cm³/mol. The van der Waals surface area contributed by atoms with Gasteiger partial charge in [0.25, 0.3) is 0 Å². The number of ether oxygens (including phenoxy) is 2. The molecule has 0 aliphatic heterocycles. The molecule has 0 bridgehead atoms. The van der Waals surface area contributed by atoms with Gasteiger partial charge in [0, 0.05) is 10.6 Å². The van der Waals surface area contributed by atoms with Crippen molar-refractivity contribution < 1.29 is 18.7 Å². The second kappa shape index (κ2) is 7.22. The van der Waals surface area contributed by atoms with E-state index in [2.05, 4.69) is 4.74 Å². The summed E-state index contributed by atoms with van der Waals surface area (Å²) in [6.07, 6.45) is -0.969. The minimum absolute atomic E-state index is 0.0541. The van der Waals surface area contributed by atoms with Crippen LogP contribution in [0.1, 0.15) is 12.5 Å². The van der Waals surface area contributed by atoms with Crippen LogP contribution in [-0.2, 0) is 9.53 Å². The molecule has 3 rings (SSSR count). The fourth-order valence-electron chi connectivity index (χ4n) is 2.58. The maximum atomic E-state index is 13.0. The highest BCUT2D eigenvalue weighted by molar-refractivity contribution is 6.32. The molecule has 0 saturated carbocycles. The summed E-state index contributed by atoms with van der Waals surface area (Å²) in [4.78, 5) is 24.8. The molecule has 1 aromatic heterocycles. The first-order valence-corrected chi connectivity index (χ1v) is 8.37. The molecule has 0 amide bonds. The number of hydrogen-bond donors (Lipinski definition) is 0. The first-order chi connectivity index (χ1) is 12.4. The lowest BCUT2D eigenvalue weighted by Crippen LogP contribution is -2.27. The Labute approximate surface area is 155 Å². The van der Waals surface area contributed by atoms with Gasteiger partial charge in [0.05, 0.1) is 12.5 Å². The molecule has 6 heteroatoms. The quantitative estimate of drug-likeness (QED) is 0.636. The summed E-state index contributed by atoms with van der Waals surface area (Å²) in [5.74, 6) is -0.396. The fourth-order valence-corrected chi connectivity index (χ4v) is 2.74. The molecule has 0 N–H and O–H groups in total. The van der Waals surface area contributed by atoms with Gasteiger partial charge in [-0.2, -0.15) is 0 Å². The largest absolute Gasteiger partial charge is 0.471 e. The number of benzene rings is 2. The van der Waals surface area contributed by atoms with Crippen molar-refractivity contribution in [1.29, 1.82) is 0 Å². The Balaban J connectivity index is 2.28. The van der Waals surface area contributed by atoms with Gasteiger partial charge in [0.15, 0.2) is 11.9 Å². The van der Waals surface area contributed by atoms with Crippen molar-refractivity contribution in [2.24, 2.45) is 0 Å². The van der Waals surface area contributed by atoms with Crippen molar-refractivity contribution >= 4 is 28.5 Å². The Hall–Kier alpha value is -2.79. The molecule has 0 radical (unpaired) electrons. The van der Waals surface area contributed by atoms with E-state index in [1.807, 2.05) is 25.1 Å². The lowest BCUT2D eigenvalue weighted by atomic mass is 10.1.